The van der Waals surface area contributed by atoms with Crippen molar-refractivity contribution >= 4 is 0 Å². The minimum Gasteiger partial charge on any atom is -0.394 e. The summed E-state index contributed by atoms with van der Waals surface area (Å²) in [5.41, 5.74) is 0. The van der Waals surface area contributed by atoms with Crippen molar-refractivity contribution in [2.24, 2.45) is 0 Å². The van der Waals surface area contributed by atoms with Gasteiger partial charge in [-0.1, -0.05) is 129 Å². The predicted molar refractivity (Wildman–Crippen MR) is 133 cm³/mol. The van der Waals surface area contributed by atoms with Crippen molar-refractivity contribution < 1.29 is 10.2 Å². The molecule has 0 bridgehead atoms. The highest BCUT2D eigenvalue weighted by molar-refractivity contribution is 4.65. The van der Waals surface area contributed by atoms with E-state index in [9.17, 15) is 10.2 Å². The predicted octanol–water partition coefficient (Wildman–Crippen LogP) is 7.48. The van der Waals surface area contributed by atoms with E-state index in [0.29, 0.717) is 6.54 Å². The molecule has 182 valence electrons. The molecule has 0 aromatic heterocycles. The van der Waals surface area contributed by atoms with Crippen LogP contribution in [0.15, 0.2) is 0 Å². The third-order valence-electron chi connectivity index (χ3n) is 6.34. The molecule has 0 saturated heterocycles. The molecular weight excluding hydrogens is 370 g/mol. The molecule has 0 radical (unpaired) electrons. The van der Waals surface area contributed by atoms with E-state index in [2.05, 4.69) is 18.7 Å². The van der Waals surface area contributed by atoms with Crippen LogP contribution in [0, 0.1) is 0 Å². The van der Waals surface area contributed by atoms with Gasteiger partial charge in [0.1, 0.15) is 0 Å². The quantitative estimate of drug-likeness (QED) is 0.148. The smallest absolute Gasteiger partial charge is 0.0897 e. The zero-order valence-electron chi connectivity index (χ0n) is 20.9. The first-order valence-corrected chi connectivity index (χ1v) is 13.8. The molecule has 0 fully saturated rings. The fourth-order valence-electron chi connectivity index (χ4n) is 4.30. The summed E-state index contributed by atoms with van der Waals surface area (Å²) in [5.74, 6) is 0. The van der Waals surface area contributed by atoms with Gasteiger partial charge >= 0.3 is 0 Å². The second-order valence-electron chi connectivity index (χ2n) is 9.50. The highest BCUT2D eigenvalue weighted by atomic mass is 16.3. The summed E-state index contributed by atoms with van der Waals surface area (Å²) < 4.78 is 0. The Morgan fingerprint density at radius 3 is 1.10 bits per heavy atom. The molecule has 0 amide bonds. The molecule has 3 nitrogen and oxygen atoms in total. The van der Waals surface area contributed by atoms with Crippen molar-refractivity contribution in [1.29, 1.82) is 0 Å². The molecular formula is C27H57NO2. The van der Waals surface area contributed by atoms with Crippen molar-refractivity contribution in [3.8, 4) is 0 Å². The molecule has 1 atom stereocenters. The topological polar surface area (TPSA) is 43.7 Å². The Balaban J connectivity index is 3.66. The van der Waals surface area contributed by atoms with Gasteiger partial charge in [-0.05, 0) is 25.9 Å². The van der Waals surface area contributed by atoms with E-state index in [4.69, 9.17) is 0 Å². The van der Waals surface area contributed by atoms with E-state index in [1.807, 2.05) is 0 Å². The van der Waals surface area contributed by atoms with E-state index in [0.717, 1.165) is 13.1 Å². The Morgan fingerprint density at radius 2 is 0.800 bits per heavy atom. The van der Waals surface area contributed by atoms with Gasteiger partial charge in [0, 0.05) is 6.54 Å². The van der Waals surface area contributed by atoms with Crippen LogP contribution in [0.1, 0.15) is 142 Å². The molecule has 1 unspecified atom stereocenters. The van der Waals surface area contributed by atoms with Gasteiger partial charge in [0.15, 0.2) is 0 Å². The summed E-state index contributed by atoms with van der Waals surface area (Å²) >= 11 is 0. The summed E-state index contributed by atoms with van der Waals surface area (Å²) in [6, 6.07) is 0. The fraction of sp³-hybridized carbons (Fsp3) is 1.00. The lowest BCUT2D eigenvalue weighted by Crippen LogP contribution is -2.35. The standard InChI is InChI=1S/C27H57NO2/c1-3-5-7-9-11-13-15-17-19-21-23-28(25-27(30)26-29)24-22-20-18-16-14-12-10-8-6-4-2/h27,29-30H,3-26H2,1-2H3. The Labute approximate surface area is 190 Å². The summed E-state index contributed by atoms with van der Waals surface area (Å²) in [7, 11) is 0. The molecule has 0 heterocycles. The number of hydrogen-bond donors (Lipinski definition) is 2. The lowest BCUT2D eigenvalue weighted by atomic mass is 10.1. The number of hydrogen-bond acceptors (Lipinski definition) is 3. The first kappa shape index (κ1) is 29.9. The molecule has 0 aromatic rings. The Bertz CT molecular complexity index is 287. The molecule has 0 aliphatic heterocycles. The minimum atomic E-state index is -0.587. The van der Waals surface area contributed by atoms with Gasteiger partial charge < -0.3 is 15.1 Å². The zero-order valence-corrected chi connectivity index (χ0v) is 20.9. The number of nitrogens with zero attached hydrogens (tertiary/aromatic N) is 1. The lowest BCUT2D eigenvalue weighted by molar-refractivity contribution is 0.0579. The van der Waals surface area contributed by atoms with Crippen LogP contribution >= 0.6 is 0 Å². The van der Waals surface area contributed by atoms with E-state index >= 15 is 0 Å². The Kier molecular flexibility index (Phi) is 25.0. The van der Waals surface area contributed by atoms with E-state index in [1.165, 1.54) is 128 Å². The maximum Gasteiger partial charge on any atom is 0.0897 e. The van der Waals surface area contributed by atoms with Crippen LogP contribution in [0.2, 0.25) is 0 Å². The second kappa shape index (κ2) is 25.1. The number of unbranched alkanes of at least 4 members (excludes halogenated alkanes) is 18. The van der Waals surface area contributed by atoms with Gasteiger partial charge in [-0.3, -0.25) is 0 Å². The molecule has 30 heavy (non-hydrogen) atoms. The zero-order chi connectivity index (χ0) is 22.1. The highest BCUT2D eigenvalue weighted by Crippen LogP contribution is 2.13. The third-order valence-corrected chi connectivity index (χ3v) is 6.34. The monoisotopic (exact) mass is 427 g/mol. The lowest BCUT2D eigenvalue weighted by Gasteiger charge is -2.24. The van der Waals surface area contributed by atoms with Crippen molar-refractivity contribution in [2.45, 2.75) is 148 Å². The fourth-order valence-corrected chi connectivity index (χ4v) is 4.30. The molecule has 0 spiro atoms. The minimum absolute atomic E-state index is 0.118. The van der Waals surface area contributed by atoms with E-state index < -0.39 is 6.10 Å². The van der Waals surface area contributed by atoms with E-state index in [-0.39, 0.29) is 6.61 Å². The van der Waals surface area contributed by atoms with Crippen LogP contribution in [0.3, 0.4) is 0 Å². The van der Waals surface area contributed by atoms with Crippen LogP contribution < -0.4 is 0 Å². The molecule has 0 aliphatic rings. The molecule has 0 aliphatic carbocycles. The number of aliphatic hydroxyl groups excluding tert-OH is 2. The first-order chi connectivity index (χ1) is 14.7. The van der Waals surface area contributed by atoms with Gasteiger partial charge in [-0.15, -0.1) is 0 Å². The average Bonchev–Trinajstić information content (AvgIpc) is 2.75. The average molecular weight is 428 g/mol. The first-order valence-electron chi connectivity index (χ1n) is 13.8. The summed E-state index contributed by atoms with van der Waals surface area (Å²) in [4.78, 5) is 2.39. The SMILES string of the molecule is CCCCCCCCCCCCN(CCCCCCCCCCCC)CC(O)CO. The van der Waals surface area contributed by atoms with Crippen LogP contribution in [-0.2, 0) is 0 Å². The molecule has 0 aromatic carbocycles. The van der Waals surface area contributed by atoms with Gasteiger partial charge in [0.25, 0.3) is 0 Å². The Hall–Kier alpha value is -0.120. The van der Waals surface area contributed by atoms with Gasteiger partial charge in [-0.2, -0.15) is 0 Å². The maximum atomic E-state index is 9.86. The Morgan fingerprint density at radius 1 is 0.500 bits per heavy atom. The summed E-state index contributed by atoms with van der Waals surface area (Å²) in [6.07, 6.45) is 26.7. The molecule has 2 N–H and O–H groups in total. The second-order valence-corrected chi connectivity index (χ2v) is 9.50. The van der Waals surface area contributed by atoms with Crippen LogP contribution in [0.5, 0.6) is 0 Å². The molecule has 3 heteroatoms. The van der Waals surface area contributed by atoms with Crippen LogP contribution in [0.4, 0.5) is 0 Å². The van der Waals surface area contributed by atoms with Gasteiger partial charge in [0.05, 0.1) is 12.7 Å². The van der Waals surface area contributed by atoms with E-state index in [1.54, 1.807) is 0 Å². The molecule has 0 saturated carbocycles. The van der Waals surface area contributed by atoms with Gasteiger partial charge in [-0.25, -0.2) is 0 Å². The number of rotatable bonds is 25. The summed E-state index contributed by atoms with van der Waals surface area (Å²) in [6.45, 7) is 7.21. The van der Waals surface area contributed by atoms with Crippen molar-refractivity contribution in [1.82, 2.24) is 4.90 Å². The largest absolute Gasteiger partial charge is 0.394 e. The summed E-state index contributed by atoms with van der Waals surface area (Å²) in [5, 5.41) is 19.1. The highest BCUT2D eigenvalue weighted by Gasteiger charge is 2.10. The molecule has 0 rings (SSSR count). The van der Waals surface area contributed by atoms with Crippen molar-refractivity contribution in [3.63, 3.8) is 0 Å². The number of aliphatic hydroxyl groups is 2. The van der Waals surface area contributed by atoms with Crippen molar-refractivity contribution in [2.75, 3.05) is 26.2 Å². The third kappa shape index (κ3) is 22.6. The van der Waals surface area contributed by atoms with Crippen LogP contribution in [0.25, 0.3) is 0 Å². The normalized spacial score (nSPS) is 12.7. The van der Waals surface area contributed by atoms with Crippen LogP contribution in [-0.4, -0.2) is 47.5 Å². The van der Waals surface area contributed by atoms with Crippen molar-refractivity contribution in [3.05, 3.63) is 0 Å². The van der Waals surface area contributed by atoms with Gasteiger partial charge in [0.2, 0.25) is 0 Å². The maximum absolute atomic E-state index is 9.86.